The quantitative estimate of drug-likeness (QED) is 0.165. The number of nitrogens with zero attached hydrogens (tertiary/aromatic N) is 4. The van der Waals surface area contributed by atoms with E-state index in [1.807, 2.05) is 0 Å². The molecule has 0 aliphatic carbocycles. The van der Waals surface area contributed by atoms with Gasteiger partial charge in [0.05, 0.1) is 39.6 Å². The third-order valence-electron chi connectivity index (χ3n) is 11.0. The zero-order chi connectivity index (χ0) is 36.5. The maximum absolute atomic E-state index is 5.44. The summed E-state index contributed by atoms with van der Waals surface area (Å²) in [5, 5.41) is 4.91. The third-order valence-corrected chi connectivity index (χ3v) is 11.8. The molecule has 0 fully saturated rings. The van der Waals surface area contributed by atoms with Crippen molar-refractivity contribution < 1.29 is 0 Å². The minimum Gasteiger partial charge on any atom is -0.319 e. The van der Waals surface area contributed by atoms with Crippen LogP contribution in [0.15, 0.2) is 193 Å². The summed E-state index contributed by atoms with van der Waals surface area (Å²) >= 11 is 3.83. The first-order chi connectivity index (χ1) is 27.2. The maximum Gasteiger partial charge on any atom is 0.141 e. The minimum atomic E-state index is 0.682. The van der Waals surface area contributed by atoms with Crippen LogP contribution in [0, 0.1) is 0 Å². The molecular weight excluding hydrogens is 736 g/mol. The second-order valence-electron chi connectivity index (χ2n) is 14.2. The number of rotatable bonds is 6. The van der Waals surface area contributed by atoms with Gasteiger partial charge in [0, 0.05) is 43.0 Å². The summed E-state index contributed by atoms with van der Waals surface area (Å²) < 4.78 is 8.18. The molecule has 0 amide bonds. The number of imidazole rings is 1. The Labute approximate surface area is 326 Å². The lowest BCUT2D eigenvalue weighted by molar-refractivity contribution is 0.831. The third kappa shape index (κ3) is 5.15. The molecular formula is C50H33BrN4. The molecule has 0 bridgehead atoms. The van der Waals surface area contributed by atoms with Crippen LogP contribution in [0.3, 0.4) is 0 Å². The first-order valence-corrected chi connectivity index (χ1v) is 19.4. The second kappa shape index (κ2) is 12.7. The number of hydrogen-bond acceptors (Lipinski definition) is 1. The summed E-state index contributed by atoms with van der Waals surface area (Å²) in [5.74, 6) is 0.947. The number of aromatic nitrogens is 4. The van der Waals surface area contributed by atoms with E-state index in [4.69, 9.17) is 4.98 Å². The topological polar surface area (TPSA) is 27.7 Å². The molecule has 11 aromatic rings. The lowest BCUT2D eigenvalue weighted by Gasteiger charge is -2.12. The molecule has 0 saturated heterocycles. The van der Waals surface area contributed by atoms with Crippen molar-refractivity contribution in [2.24, 2.45) is 0 Å². The second-order valence-corrected chi connectivity index (χ2v) is 15.0. The molecule has 55 heavy (non-hydrogen) atoms. The normalized spacial score (nSPS) is 11.8. The van der Waals surface area contributed by atoms with Gasteiger partial charge in [0.25, 0.3) is 0 Å². The van der Waals surface area contributed by atoms with E-state index in [2.05, 4.69) is 218 Å². The molecule has 0 radical (unpaired) electrons. The van der Waals surface area contributed by atoms with Crippen molar-refractivity contribution in [2.75, 3.05) is 0 Å². The smallest absolute Gasteiger partial charge is 0.141 e. The first kappa shape index (κ1) is 31.8. The number of halogens is 1. The minimum absolute atomic E-state index is 0.682. The molecule has 0 unspecified atom stereocenters. The van der Waals surface area contributed by atoms with Crippen LogP contribution in [-0.2, 0) is 6.54 Å². The van der Waals surface area contributed by atoms with Gasteiger partial charge >= 0.3 is 0 Å². The van der Waals surface area contributed by atoms with Crippen molar-refractivity contribution in [3.05, 3.63) is 198 Å². The van der Waals surface area contributed by atoms with Crippen molar-refractivity contribution in [3.63, 3.8) is 0 Å². The number of hydrogen-bond donors (Lipinski definition) is 0. The van der Waals surface area contributed by atoms with Crippen molar-refractivity contribution in [1.29, 1.82) is 0 Å². The van der Waals surface area contributed by atoms with Crippen LogP contribution >= 0.6 is 15.9 Å². The molecule has 4 nitrogen and oxygen atoms in total. The highest BCUT2D eigenvalue weighted by Crippen LogP contribution is 2.38. The fourth-order valence-corrected chi connectivity index (χ4v) is 8.87. The summed E-state index contributed by atoms with van der Waals surface area (Å²) in [6.45, 7) is 0.682. The molecule has 0 saturated carbocycles. The Morgan fingerprint density at radius 3 is 1.49 bits per heavy atom. The van der Waals surface area contributed by atoms with Crippen molar-refractivity contribution in [3.8, 4) is 33.9 Å². The molecule has 3 heterocycles. The van der Waals surface area contributed by atoms with Crippen molar-refractivity contribution in [1.82, 2.24) is 18.7 Å². The van der Waals surface area contributed by atoms with E-state index in [0.717, 1.165) is 43.8 Å². The lowest BCUT2D eigenvalue weighted by Crippen LogP contribution is -2.03. The van der Waals surface area contributed by atoms with Gasteiger partial charge in [-0.15, -0.1) is 0 Å². The Hall–Kier alpha value is -6.69. The van der Waals surface area contributed by atoms with Gasteiger partial charge < -0.3 is 13.7 Å². The monoisotopic (exact) mass is 768 g/mol. The van der Waals surface area contributed by atoms with Crippen LogP contribution in [0.1, 0.15) is 5.56 Å². The molecule has 0 atom stereocenters. The maximum atomic E-state index is 5.44. The zero-order valence-electron chi connectivity index (χ0n) is 29.8. The van der Waals surface area contributed by atoms with Crippen LogP contribution in [0.5, 0.6) is 0 Å². The van der Waals surface area contributed by atoms with Crippen molar-refractivity contribution >= 4 is 70.6 Å². The average molecular weight is 770 g/mol. The summed E-state index contributed by atoms with van der Waals surface area (Å²) in [6.07, 6.45) is 0. The fourth-order valence-electron chi connectivity index (χ4n) is 8.46. The Morgan fingerprint density at radius 2 is 0.873 bits per heavy atom. The van der Waals surface area contributed by atoms with E-state index >= 15 is 0 Å². The van der Waals surface area contributed by atoms with E-state index < -0.39 is 0 Å². The summed E-state index contributed by atoms with van der Waals surface area (Å²) in [7, 11) is 0. The number of para-hydroxylation sites is 4. The van der Waals surface area contributed by atoms with E-state index in [0.29, 0.717) is 6.54 Å². The van der Waals surface area contributed by atoms with Gasteiger partial charge in [-0.05, 0) is 102 Å². The fraction of sp³-hybridized carbons (Fsp3) is 0.0200. The highest BCUT2D eigenvalue weighted by atomic mass is 79.9. The molecule has 0 spiro atoms. The van der Waals surface area contributed by atoms with Crippen LogP contribution < -0.4 is 0 Å². The van der Waals surface area contributed by atoms with E-state index in [1.54, 1.807) is 0 Å². The molecule has 3 aromatic heterocycles. The summed E-state index contributed by atoms with van der Waals surface area (Å²) in [6, 6.07) is 67.5. The van der Waals surface area contributed by atoms with E-state index in [1.165, 1.54) is 54.7 Å². The Balaban J connectivity index is 1.09. The Morgan fingerprint density at radius 1 is 0.400 bits per heavy atom. The highest BCUT2D eigenvalue weighted by molar-refractivity contribution is 9.10. The molecule has 0 N–H and O–H groups in total. The summed E-state index contributed by atoms with van der Waals surface area (Å²) in [4.78, 5) is 5.44. The van der Waals surface area contributed by atoms with Crippen molar-refractivity contribution in [2.45, 2.75) is 6.54 Å². The summed E-state index contributed by atoms with van der Waals surface area (Å²) in [5.41, 5.74) is 13.8. The van der Waals surface area contributed by atoms with Crippen LogP contribution in [0.2, 0.25) is 0 Å². The molecule has 260 valence electrons. The largest absolute Gasteiger partial charge is 0.319 e. The predicted octanol–water partition coefficient (Wildman–Crippen LogP) is 13.4. The van der Waals surface area contributed by atoms with Crippen LogP contribution in [0.4, 0.5) is 0 Å². The van der Waals surface area contributed by atoms with Gasteiger partial charge in [0.1, 0.15) is 5.82 Å². The van der Waals surface area contributed by atoms with Gasteiger partial charge in [0.15, 0.2) is 0 Å². The van der Waals surface area contributed by atoms with Crippen LogP contribution in [-0.4, -0.2) is 18.7 Å². The van der Waals surface area contributed by atoms with Gasteiger partial charge in [-0.3, -0.25) is 0 Å². The van der Waals surface area contributed by atoms with E-state index in [9.17, 15) is 0 Å². The number of benzene rings is 8. The Bertz CT molecular complexity index is 3240. The van der Waals surface area contributed by atoms with Crippen LogP contribution in [0.25, 0.3) is 88.5 Å². The Kier molecular flexibility index (Phi) is 7.36. The average Bonchev–Trinajstić information content (AvgIpc) is 3.89. The van der Waals surface area contributed by atoms with Gasteiger partial charge in [0.2, 0.25) is 0 Å². The predicted molar refractivity (Wildman–Crippen MR) is 233 cm³/mol. The molecule has 11 rings (SSSR count). The standard InChI is InChI=1S/C50H33BrN4/c51-43-20-10-7-13-36(43)32-53-49-28-24-34(33-23-26-47-41(29-33)39-18-8-11-21-45(39)54(47)37-14-3-1-4-15-37)31-44(49)52-50(53)35-25-27-48-42(30-35)40-19-9-12-22-46(40)55(48)38-16-5-2-6-17-38/h1-31H,32H2. The molecule has 0 aliphatic rings. The van der Waals surface area contributed by atoms with Gasteiger partial charge in [-0.1, -0.05) is 119 Å². The lowest BCUT2D eigenvalue weighted by atomic mass is 10.0. The molecule has 8 aromatic carbocycles. The van der Waals surface area contributed by atoms with E-state index in [-0.39, 0.29) is 0 Å². The molecule has 5 heteroatoms. The first-order valence-electron chi connectivity index (χ1n) is 18.6. The SMILES string of the molecule is Brc1ccccc1Cn1c(-c2ccc3c(c2)c2ccccc2n3-c2ccccc2)nc2cc(-c3ccc4c(c3)c3ccccc3n4-c3ccccc3)ccc21. The zero-order valence-corrected chi connectivity index (χ0v) is 31.4. The highest BCUT2D eigenvalue weighted by Gasteiger charge is 2.19. The number of fused-ring (bicyclic) bond motifs is 7. The van der Waals surface area contributed by atoms with Gasteiger partial charge in [-0.25, -0.2) is 4.98 Å². The van der Waals surface area contributed by atoms with Gasteiger partial charge in [-0.2, -0.15) is 0 Å². The molecule has 0 aliphatic heterocycles.